The predicted molar refractivity (Wildman–Crippen MR) is 73.2 cm³/mol. The summed E-state index contributed by atoms with van der Waals surface area (Å²) in [5.74, 6) is 0. The summed E-state index contributed by atoms with van der Waals surface area (Å²) in [6.07, 6.45) is 3.45. The maximum absolute atomic E-state index is 12.3. The second-order valence-electron chi connectivity index (χ2n) is 6.01. The van der Waals surface area contributed by atoms with Crippen LogP contribution < -0.4 is 4.72 Å². The van der Waals surface area contributed by atoms with Crippen LogP contribution in [0.2, 0.25) is 0 Å². The lowest BCUT2D eigenvalue weighted by Gasteiger charge is -2.42. The SMILES string of the molecule is CC1(C)CC(NS(=O)(=O)c2ccc3cn[nH]c3c2)C1. The average Bonchev–Trinajstić information content (AvgIpc) is 2.72. The second kappa shape index (κ2) is 4.05. The molecule has 1 aromatic heterocycles. The van der Waals surface area contributed by atoms with Crippen molar-refractivity contribution in [3.05, 3.63) is 24.4 Å². The molecule has 0 spiro atoms. The maximum Gasteiger partial charge on any atom is 0.240 e. The summed E-state index contributed by atoms with van der Waals surface area (Å²) < 4.78 is 27.3. The minimum atomic E-state index is -3.44. The smallest absolute Gasteiger partial charge is 0.240 e. The molecule has 1 fully saturated rings. The molecule has 2 aromatic rings. The van der Waals surface area contributed by atoms with Gasteiger partial charge in [-0.25, -0.2) is 13.1 Å². The van der Waals surface area contributed by atoms with Crippen molar-refractivity contribution in [3.63, 3.8) is 0 Å². The number of hydrogen-bond donors (Lipinski definition) is 2. The molecular weight excluding hydrogens is 262 g/mol. The minimum absolute atomic E-state index is 0.0532. The van der Waals surface area contributed by atoms with Crippen molar-refractivity contribution < 1.29 is 8.42 Å². The van der Waals surface area contributed by atoms with Crippen LogP contribution in [0.1, 0.15) is 26.7 Å². The lowest BCUT2D eigenvalue weighted by molar-refractivity contribution is 0.143. The fourth-order valence-corrected chi connectivity index (χ4v) is 3.99. The van der Waals surface area contributed by atoms with Crippen LogP contribution in [0.3, 0.4) is 0 Å². The van der Waals surface area contributed by atoms with Gasteiger partial charge in [0.2, 0.25) is 10.0 Å². The topological polar surface area (TPSA) is 74.8 Å². The molecule has 0 amide bonds. The number of nitrogens with zero attached hydrogens (tertiary/aromatic N) is 1. The molecule has 0 atom stereocenters. The zero-order chi connectivity index (χ0) is 13.7. The Labute approximate surface area is 112 Å². The Morgan fingerprint density at radius 2 is 2.11 bits per heavy atom. The third-order valence-corrected chi connectivity index (χ3v) is 5.16. The monoisotopic (exact) mass is 279 g/mol. The van der Waals surface area contributed by atoms with Gasteiger partial charge in [0.05, 0.1) is 16.6 Å². The van der Waals surface area contributed by atoms with Gasteiger partial charge in [0.25, 0.3) is 0 Å². The number of aromatic nitrogens is 2. The number of aromatic amines is 1. The largest absolute Gasteiger partial charge is 0.278 e. The molecule has 19 heavy (non-hydrogen) atoms. The first-order chi connectivity index (χ1) is 8.86. The predicted octanol–water partition coefficient (Wildman–Crippen LogP) is 2.03. The molecule has 3 rings (SSSR count). The molecule has 1 saturated carbocycles. The highest BCUT2D eigenvalue weighted by Crippen LogP contribution is 2.40. The zero-order valence-electron chi connectivity index (χ0n) is 11.0. The number of H-pyrrole nitrogens is 1. The van der Waals surface area contributed by atoms with Crippen LogP contribution in [0.25, 0.3) is 10.9 Å². The van der Waals surface area contributed by atoms with Crippen molar-refractivity contribution in [2.45, 2.75) is 37.6 Å². The van der Waals surface area contributed by atoms with Crippen LogP contribution in [-0.4, -0.2) is 24.7 Å². The molecule has 2 N–H and O–H groups in total. The Morgan fingerprint density at radius 3 is 2.79 bits per heavy atom. The van der Waals surface area contributed by atoms with Crippen LogP contribution in [0, 0.1) is 5.41 Å². The van der Waals surface area contributed by atoms with Crippen molar-refractivity contribution in [2.24, 2.45) is 5.41 Å². The van der Waals surface area contributed by atoms with E-state index >= 15 is 0 Å². The average molecular weight is 279 g/mol. The lowest BCUT2D eigenvalue weighted by Crippen LogP contribution is -2.48. The minimum Gasteiger partial charge on any atom is -0.278 e. The number of sulfonamides is 1. The van der Waals surface area contributed by atoms with Crippen molar-refractivity contribution in [2.75, 3.05) is 0 Å². The van der Waals surface area contributed by atoms with Crippen molar-refractivity contribution >= 4 is 20.9 Å². The summed E-state index contributed by atoms with van der Waals surface area (Å²) >= 11 is 0. The van der Waals surface area contributed by atoms with Gasteiger partial charge in [-0.2, -0.15) is 5.10 Å². The summed E-state index contributed by atoms with van der Waals surface area (Å²) in [7, 11) is -3.44. The fraction of sp³-hybridized carbons (Fsp3) is 0.462. The Bertz CT molecular complexity index is 710. The van der Waals surface area contributed by atoms with Crippen molar-refractivity contribution in [3.8, 4) is 0 Å². The van der Waals surface area contributed by atoms with Gasteiger partial charge >= 0.3 is 0 Å². The third-order valence-electron chi connectivity index (χ3n) is 3.64. The maximum atomic E-state index is 12.3. The summed E-state index contributed by atoms with van der Waals surface area (Å²) in [5, 5.41) is 7.58. The summed E-state index contributed by atoms with van der Waals surface area (Å²) in [5.41, 5.74) is 0.984. The second-order valence-corrected chi connectivity index (χ2v) is 7.72. The van der Waals surface area contributed by atoms with E-state index in [4.69, 9.17) is 0 Å². The molecule has 0 saturated heterocycles. The van der Waals surface area contributed by atoms with Gasteiger partial charge < -0.3 is 0 Å². The van der Waals surface area contributed by atoms with Gasteiger partial charge in [-0.3, -0.25) is 5.10 Å². The van der Waals surface area contributed by atoms with E-state index in [2.05, 4.69) is 28.8 Å². The Hall–Kier alpha value is -1.40. The summed E-state index contributed by atoms with van der Waals surface area (Å²) in [4.78, 5) is 0.286. The van der Waals surface area contributed by atoms with Gasteiger partial charge in [-0.1, -0.05) is 13.8 Å². The number of hydrogen-bond acceptors (Lipinski definition) is 3. The first-order valence-corrected chi connectivity index (χ1v) is 7.80. The van der Waals surface area contributed by atoms with Crippen LogP contribution >= 0.6 is 0 Å². The van der Waals surface area contributed by atoms with E-state index in [9.17, 15) is 8.42 Å². The third kappa shape index (κ3) is 2.37. The summed E-state index contributed by atoms with van der Waals surface area (Å²) in [6.45, 7) is 4.29. The van der Waals surface area contributed by atoms with E-state index in [1.54, 1.807) is 24.4 Å². The highest BCUT2D eigenvalue weighted by molar-refractivity contribution is 7.89. The van der Waals surface area contributed by atoms with E-state index in [0.29, 0.717) is 0 Å². The van der Waals surface area contributed by atoms with E-state index in [1.165, 1.54) is 0 Å². The molecule has 5 nitrogen and oxygen atoms in total. The summed E-state index contributed by atoms with van der Waals surface area (Å²) in [6, 6.07) is 5.05. The van der Waals surface area contributed by atoms with E-state index in [0.717, 1.165) is 23.7 Å². The molecular formula is C13H17N3O2S. The molecule has 1 heterocycles. The molecule has 102 valence electrons. The van der Waals surface area contributed by atoms with Gasteiger partial charge in [0, 0.05) is 11.4 Å². The first-order valence-electron chi connectivity index (χ1n) is 6.31. The van der Waals surface area contributed by atoms with Crippen molar-refractivity contribution in [1.29, 1.82) is 0 Å². The molecule has 1 aliphatic rings. The lowest BCUT2D eigenvalue weighted by atomic mass is 9.69. The van der Waals surface area contributed by atoms with Gasteiger partial charge in [0.15, 0.2) is 0 Å². The van der Waals surface area contributed by atoms with Gasteiger partial charge in [-0.05, 0) is 36.5 Å². The van der Waals surface area contributed by atoms with E-state index < -0.39 is 10.0 Å². The zero-order valence-corrected chi connectivity index (χ0v) is 11.8. The molecule has 6 heteroatoms. The van der Waals surface area contributed by atoms with Gasteiger partial charge in [0.1, 0.15) is 0 Å². The van der Waals surface area contributed by atoms with E-state index in [-0.39, 0.29) is 16.4 Å². The molecule has 0 unspecified atom stereocenters. The molecule has 0 aliphatic heterocycles. The fourth-order valence-electron chi connectivity index (χ4n) is 2.73. The van der Waals surface area contributed by atoms with Crippen LogP contribution in [0.15, 0.2) is 29.3 Å². The molecule has 0 radical (unpaired) electrons. The van der Waals surface area contributed by atoms with Gasteiger partial charge in [-0.15, -0.1) is 0 Å². The van der Waals surface area contributed by atoms with Crippen LogP contribution in [-0.2, 0) is 10.0 Å². The highest BCUT2D eigenvalue weighted by Gasteiger charge is 2.38. The Balaban J connectivity index is 1.83. The van der Waals surface area contributed by atoms with Crippen LogP contribution in [0.4, 0.5) is 0 Å². The standard InChI is InChI=1S/C13H17N3O2S/c1-13(2)6-10(7-13)16-19(17,18)11-4-3-9-8-14-15-12(9)5-11/h3-5,8,10,16H,6-7H2,1-2H3,(H,14,15). The molecule has 1 aromatic carbocycles. The highest BCUT2D eigenvalue weighted by atomic mass is 32.2. The van der Waals surface area contributed by atoms with Crippen molar-refractivity contribution in [1.82, 2.24) is 14.9 Å². The molecule has 1 aliphatic carbocycles. The number of nitrogens with one attached hydrogen (secondary N) is 2. The number of benzene rings is 1. The Kier molecular flexibility index (Phi) is 2.69. The number of fused-ring (bicyclic) bond motifs is 1. The Morgan fingerprint density at radius 1 is 1.37 bits per heavy atom. The normalized spacial score (nSPS) is 19.5. The molecule has 0 bridgehead atoms. The van der Waals surface area contributed by atoms with Crippen LogP contribution in [0.5, 0.6) is 0 Å². The van der Waals surface area contributed by atoms with E-state index in [1.807, 2.05) is 0 Å². The number of rotatable bonds is 3. The first kappa shape index (κ1) is 12.6. The quantitative estimate of drug-likeness (QED) is 0.902.